The summed E-state index contributed by atoms with van der Waals surface area (Å²) in [5.74, 6) is -0.510. The summed E-state index contributed by atoms with van der Waals surface area (Å²) in [7, 11) is -1.03. The fraction of sp³-hybridized carbons (Fsp3) is 0.409. The number of anilines is 1. The van der Waals surface area contributed by atoms with Crippen LogP contribution < -0.4 is 11.1 Å². The van der Waals surface area contributed by atoms with Gasteiger partial charge in [0.25, 0.3) is 0 Å². The molecule has 0 atom stereocenters. The summed E-state index contributed by atoms with van der Waals surface area (Å²) < 4.78 is 57.8. The first-order valence-corrected chi connectivity index (χ1v) is 10.5. The average molecular weight is 478 g/mol. The second-order valence-electron chi connectivity index (χ2n) is 8.75. The van der Waals surface area contributed by atoms with Crippen molar-refractivity contribution in [1.82, 2.24) is 15.3 Å². The third-order valence-electron chi connectivity index (χ3n) is 5.65. The molecule has 2 aromatic rings. The standard InChI is InChI=1S/C22H26BF3N4O4/c1-20(2)21(3,4)34-23(33-20)16(10-15-11-28-18(27)30-17(15)22(24,25)26)12-29-19(31)32-13-14-8-6-5-7-9-14/h5-11H,12-13H2,1-4H3,(H,29,31)(H2,27,28,30). The molecule has 3 N–H and O–H groups in total. The van der Waals surface area contributed by atoms with Gasteiger partial charge in [0.1, 0.15) is 6.61 Å². The lowest BCUT2D eigenvalue weighted by Gasteiger charge is -2.32. The van der Waals surface area contributed by atoms with Crippen molar-refractivity contribution in [2.45, 2.75) is 51.7 Å². The predicted octanol–water partition coefficient (Wildman–Crippen LogP) is 4.02. The SMILES string of the molecule is CC1(C)OB(C(=Cc2cnc(N)nc2C(F)(F)F)CNC(=O)OCc2ccccc2)OC1(C)C. The minimum absolute atomic E-state index is 0.0340. The summed E-state index contributed by atoms with van der Waals surface area (Å²) in [4.78, 5) is 19.3. The van der Waals surface area contributed by atoms with E-state index < -0.39 is 42.2 Å². The Balaban J connectivity index is 1.85. The molecule has 1 fully saturated rings. The summed E-state index contributed by atoms with van der Waals surface area (Å²) in [5, 5.41) is 2.54. The van der Waals surface area contributed by atoms with E-state index >= 15 is 0 Å². The molecule has 12 heteroatoms. The Bertz CT molecular complexity index is 1050. The minimum Gasteiger partial charge on any atom is -0.445 e. The van der Waals surface area contributed by atoms with Crippen molar-refractivity contribution in [2.24, 2.45) is 0 Å². The Kier molecular flexibility index (Phi) is 7.22. The normalized spacial score (nSPS) is 17.5. The Morgan fingerprint density at radius 2 is 1.79 bits per heavy atom. The molecule has 1 aromatic carbocycles. The number of alkyl carbamates (subject to hydrolysis) is 1. The fourth-order valence-corrected chi connectivity index (χ4v) is 3.08. The lowest BCUT2D eigenvalue weighted by Crippen LogP contribution is -2.41. The molecular weight excluding hydrogens is 452 g/mol. The number of alkyl halides is 3. The number of ether oxygens (including phenoxy) is 1. The number of nitrogens with one attached hydrogen (secondary N) is 1. The van der Waals surface area contributed by atoms with E-state index in [1.165, 1.54) is 6.08 Å². The summed E-state index contributed by atoms with van der Waals surface area (Å²) in [5.41, 5.74) is 3.31. The topological polar surface area (TPSA) is 109 Å². The molecule has 8 nitrogen and oxygen atoms in total. The average Bonchev–Trinajstić information content (AvgIpc) is 2.97. The molecule has 1 aromatic heterocycles. The van der Waals surface area contributed by atoms with E-state index in [9.17, 15) is 18.0 Å². The van der Waals surface area contributed by atoms with Crippen molar-refractivity contribution in [1.29, 1.82) is 0 Å². The first-order valence-electron chi connectivity index (χ1n) is 10.5. The molecular formula is C22H26BF3N4O4. The van der Waals surface area contributed by atoms with Gasteiger partial charge in [0.05, 0.1) is 11.2 Å². The number of aromatic nitrogens is 2. The molecule has 1 aliphatic rings. The molecule has 1 saturated heterocycles. The zero-order valence-corrected chi connectivity index (χ0v) is 19.3. The van der Waals surface area contributed by atoms with Crippen LogP contribution in [0.25, 0.3) is 6.08 Å². The molecule has 0 spiro atoms. The van der Waals surface area contributed by atoms with E-state index in [2.05, 4.69) is 15.3 Å². The number of benzene rings is 1. The summed E-state index contributed by atoms with van der Waals surface area (Å²) >= 11 is 0. The Morgan fingerprint density at radius 3 is 2.38 bits per heavy atom. The van der Waals surface area contributed by atoms with Gasteiger partial charge < -0.3 is 25.1 Å². The van der Waals surface area contributed by atoms with E-state index in [1.54, 1.807) is 39.8 Å². The lowest BCUT2D eigenvalue weighted by molar-refractivity contribution is -0.141. The zero-order valence-electron chi connectivity index (χ0n) is 19.3. The van der Waals surface area contributed by atoms with Crippen LogP contribution in [0.2, 0.25) is 0 Å². The number of hydrogen-bond acceptors (Lipinski definition) is 7. The van der Waals surface area contributed by atoms with E-state index in [0.717, 1.165) is 11.8 Å². The number of rotatable bonds is 6. The third kappa shape index (κ3) is 6.06. The molecule has 0 radical (unpaired) electrons. The van der Waals surface area contributed by atoms with Gasteiger partial charge in [0.2, 0.25) is 5.95 Å². The van der Waals surface area contributed by atoms with E-state index in [0.29, 0.717) is 0 Å². The number of amides is 1. The van der Waals surface area contributed by atoms with Gasteiger partial charge in [-0.05, 0) is 38.7 Å². The summed E-state index contributed by atoms with van der Waals surface area (Å²) in [6.07, 6.45) is -3.38. The van der Waals surface area contributed by atoms with Crippen LogP contribution in [0.1, 0.15) is 44.5 Å². The quantitative estimate of drug-likeness (QED) is 0.604. The van der Waals surface area contributed by atoms with Crippen LogP contribution in [0.4, 0.5) is 23.9 Å². The zero-order chi connectivity index (χ0) is 25.1. The Labute approximate surface area is 195 Å². The number of carbonyl (C=O) groups is 1. The molecule has 0 bridgehead atoms. The molecule has 2 heterocycles. The van der Waals surface area contributed by atoms with Crippen molar-refractivity contribution < 1.29 is 32.0 Å². The van der Waals surface area contributed by atoms with Gasteiger partial charge >= 0.3 is 19.4 Å². The van der Waals surface area contributed by atoms with Crippen LogP contribution >= 0.6 is 0 Å². The molecule has 1 aliphatic heterocycles. The third-order valence-corrected chi connectivity index (χ3v) is 5.65. The molecule has 0 saturated carbocycles. The number of halogens is 3. The van der Waals surface area contributed by atoms with Crippen molar-refractivity contribution >= 4 is 25.2 Å². The number of hydrogen-bond donors (Lipinski definition) is 2. The van der Waals surface area contributed by atoms with Gasteiger partial charge in [-0.3, -0.25) is 0 Å². The van der Waals surface area contributed by atoms with Gasteiger partial charge in [-0.1, -0.05) is 36.4 Å². The van der Waals surface area contributed by atoms with Crippen LogP contribution in [-0.4, -0.2) is 40.9 Å². The number of nitrogens with two attached hydrogens (primary N) is 1. The van der Waals surface area contributed by atoms with Crippen LogP contribution in [0, 0.1) is 0 Å². The van der Waals surface area contributed by atoms with Crippen molar-refractivity contribution in [3.05, 3.63) is 58.8 Å². The first-order chi connectivity index (χ1) is 15.8. The van der Waals surface area contributed by atoms with Gasteiger partial charge in [0.15, 0.2) is 5.69 Å². The van der Waals surface area contributed by atoms with Gasteiger partial charge in [-0.25, -0.2) is 14.8 Å². The smallest absolute Gasteiger partial charge is 0.445 e. The maximum atomic E-state index is 13.6. The van der Waals surface area contributed by atoms with Gasteiger partial charge in [0, 0.05) is 18.3 Å². The van der Waals surface area contributed by atoms with Crippen LogP contribution in [-0.2, 0) is 26.8 Å². The van der Waals surface area contributed by atoms with Crippen molar-refractivity contribution in [2.75, 3.05) is 12.3 Å². The number of nitrogen functional groups attached to an aromatic ring is 1. The summed E-state index contributed by atoms with van der Waals surface area (Å²) in [6, 6.07) is 9.04. The minimum atomic E-state index is -4.77. The fourth-order valence-electron chi connectivity index (χ4n) is 3.08. The largest absolute Gasteiger partial charge is 0.492 e. The Morgan fingerprint density at radius 1 is 1.18 bits per heavy atom. The highest BCUT2D eigenvalue weighted by Gasteiger charge is 2.52. The second kappa shape index (κ2) is 9.63. The predicted molar refractivity (Wildman–Crippen MR) is 120 cm³/mol. The monoisotopic (exact) mass is 478 g/mol. The Hall–Kier alpha value is -3.12. The van der Waals surface area contributed by atoms with E-state index in [1.807, 2.05) is 18.2 Å². The molecule has 0 aliphatic carbocycles. The molecule has 1 amide bonds. The van der Waals surface area contributed by atoms with E-state index in [4.69, 9.17) is 19.8 Å². The van der Waals surface area contributed by atoms with Crippen LogP contribution in [0.5, 0.6) is 0 Å². The highest BCUT2D eigenvalue weighted by molar-refractivity contribution is 6.56. The highest BCUT2D eigenvalue weighted by atomic mass is 19.4. The number of carbonyl (C=O) groups excluding carboxylic acids is 1. The van der Waals surface area contributed by atoms with Crippen molar-refractivity contribution in [3.8, 4) is 0 Å². The van der Waals surface area contributed by atoms with Gasteiger partial charge in [-0.15, -0.1) is 0 Å². The first kappa shape index (κ1) is 25.5. The van der Waals surface area contributed by atoms with Crippen molar-refractivity contribution in [3.63, 3.8) is 0 Å². The van der Waals surface area contributed by atoms with Gasteiger partial charge in [-0.2, -0.15) is 13.2 Å². The number of nitrogens with zero attached hydrogens (tertiary/aromatic N) is 2. The lowest BCUT2D eigenvalue weighted by atomic mass is 9.77. The summed E-state index contributed by atoms with van der Waals surface area (Å²) in [6.45, 7) is 7.05. The molecule has 34 heavy (non-hydrogen) atoms. The molecule has 3 rings (SSSR count). The second-order valence-corrected chi connectivity index (χ2v) is 8.75. The highest BCUT2D eigenvalue weighted by Crippen LogP contribution is 2.39. The maximum Gasteiger partial charge on any atom is 0.492 e. The van der Waals surface area contributed by atoms with Crippen LogP contribution in [0.15, 0.2) is 42.0 Å². The maximum absolute atomic E-state index is 13.6. The molecule has 0 unspecified atom stereocenters. The van der Waals surface area contributed by atoms with Crippen LogP contribution in [0.3, 0.4) is 0 Å². The molecule has 182 valence electrons. The van der Waals surface area contributed by atoms with E-state index in [-0.39, 0.29) is 24.2 Å².